The molecule has 4 nitrogen and oxygen atoms in total. The maximum atomic E-state index is 11.8. The highest BCUT2D eigenvalue weighted by atomic mass is 35.5. The lowest BCUT2D eigenvalue weighted by molar-refractivity contribution is -0.126. The van der Waals surface area contributed by atoms with E-state index in [1.54, 1.807) is 18.2 Å². The van der Waals surface area contributed by atoms with Gasteiger partial charge in [-0.25, -0.2) is 0 Å². The van der Waals surface area contributed by atoms with Crippen molar-refractivity contribution in [2.45, 2.75) is 19.3 Å². The van der Waals surface area contributed by atoms with E-state index < -0.39 is 5.91 Å². The Hall–Kier alpha value is -2.04. The lowest BCUT2D eigenvalue weighted by Crippen LogP contribution is -2.29. The summed E-state index contributed by atoms with van der Waals surface area (Å²) in [6.45, 7) is 0.535. The van der Waals surface area contributed by atoms with Gasteiger partial charge in [0.05, 0.1) is 10.0 Å². The van der Waals surface area contributed by atoms with Gasteiger partial charge in [0.25, 0.3) is 0 Å². The van der Waals surface area contributed by atoms with Crippen LogP contribution in [0.4, 0.5) is 5.69 Å². The molecule has 0 aliphatic heterocycles. The smallest absolute Gasteiger partial charge is 0.233 e. The first kappa shape index (κ1) is 18.3. The van der Waals surface area contributed by atoms with E-state index in [4.69, 9.17) is 23.2 Å². The normalized spacial score (nSPS) is 10.2. The highest BCUT2D eigenvalue weighted by Gasteiger charge is 2.10. The highest BCUT2D eigenvalue weighted by molar-refractivity contribution is 6.42. The Bertz CT molecular complexity index is 705. The summed E-state index contributed by atoms with van der Waals surface area (Å²) in [5, 5.41) is 6.11. The van der Waals surface area contributed by atoms with Gasteiger partial charge < -0.3 is 10.6 Å². The van der Waals surface area contributed by atoms with Crippen molar-refractivity contribution in [3.63, 3.8) is 0 Å². The van der Waals surface area contributed by atoms with Gasteiger partial charge in [0.15, 0.2) is 0 Å². The molecule has 0 radical (unpaired) electrons. The zero-order valence-corrected chi connectivity index (χ0v) is 14.5. The number of rotatable bonds is 7. The van der Waals surface area contributed by atoms with Crippen LogP contribution >= 0.6 is 23.2 Å². The van der Waals surface area contributed by atoms with Crippen molar-refractivity contribution in [2.24, 2.45) is 0 Å². The summed E-state index contributed by atoms with van der Waals surface area (Å²) in [6.07, 6.45) is 1.48. The van der Waals surface area contributed by atoms with E-state index in [1.165, 1.54) is 5.56 Å². The van der Waals surface area contributed by atoms with E-state index >= 15 is 0 Å². The topological polar surface area (TPSA) is 58.2 Å². The third-order valence-electron chi connectivity index (χ3n) is 3.33. The van der Waals surface area contributed by atoms with Crippen LogP contribution in [0.3, 0.4) is 0 Å². The quantitative estimate of drug-likeness (QED) is 0.574. The van der Waals surface area contributed by atoms with E-state index in [2.05, 4.69) is 10.6 Å². The molecule has 0 bridgehead atoms. The lowest BCUT2D eigenvalue weighted by atomic mass is 10.1. The number of aryl methyl sites for hydroxylation is 1. The number of anilines is 1. The fourth-order valence-corrected chi connectivity index (χ4v) is 2.45. The molecule has 2 aromatic rings. The van der Waals surface area contributed by atoms with Crippen LogP contribution < -0.4 is 10.6 Å². The molecular weight excluding hydrogens is 347 g/mol. The van der Waals surface area contributed by atoms with Crippen molar-refractivity contribution in [3.8, 4) is 0 Å². The average Bonchev–Trinajstić information content (AvgIpc) is 2.56. The molecular formula is C18H18Cl2N2O2. The maximum Gasteiger partial charge on any atom is 0.233 e. The average molecular weight is 365 g/mol. The Morgan fingerprint density at radius 3 is 2.38 bits per heavy atom. The molecule has 0 aliphatic carbocycles. The Morgan fingerprint density at radius 1 is 0.917 bits per heavy atom. The SMILES string of the molecule is O=C(CC(=O)Nc1ccc(Cl)c(Cl)c1)NCCCc1ccccc1. The minimum absolute atomic E-state index is 0.231. The van der Waals surface area contributed by atoms with Gasteiger partial charge in [-0.3, -0.25) is 9.59 Å². The first-order valence-electron chi connectivity index (χ1n) is 7.60. The van der Waals surface area contributed by atoms with Crippen molar-refractivity contribution in [2.75, 3.05) is 11.9 Å². The van der Waals surface area contributed by atoms with Crippen molar-refractivity contribution in [3.05, 3.63) is 64.1 Å². The molecule has 0 fully saturated rings. The standard InChI is InChI=1S/C18H18Cl2N2O2/c19-15-9-8-14(11-16(15)20)22-18(24)12-17(23)21-10-4-7-13-5-2-1-3-6-13/h1-3,5-6,8-9,11H,4,7,10,12H2,(H,21,23)(H,22,24). The zero-order valence-electron chi connectivity index (χ0n) is 13.0. The molecule has 6 heteroatoms. The van der Waals surface area contributed by atoms with Crippen LogP contribution in [0.2, 0.25) is 10.0 Å². The van der Waals surface area contributed by atoms with E-state index in [9.17, 15) is 9.59 Å². The van der Waals surface area contributed by atoms with Gasteiger partial charge in [-0.2, -0.15) is 0 Å². The summed E-state index contributed by atoms with van der Waals surface area (Å²) in [5.41, 5.74) is 1.73. The van der Waals surface area contributed by atoms with Crippen LogP contribution in [0, 0.1) is 0 Å². The second-order valence-corrected chi connectivity index (χ2v) is 6.11. The second kappa shape index (κ2) is 9.30. The lowest BCUT2D eigenvalue weighted by Gasteiger charge is -2.07. The number of hydrogen-bond donors (Lipinski definition) is 2. The highest BCUT2D eigenvalue weighted by Crippen LogP contribution is 2.24. The van der Waals surface area contributed by atoms with E-state index in [0.29, 0.717) is 22.3 Å². The van der Waals surface area contributed by atoms with Crippen molar-refractivity contribution in [1.82, 2.24) is 5.32 Å². The molecule has 2 rings (SSSR count). The largest absolute Gasteiger partial charge is 0.356 e. The molecule has 0 aromatic heterocycles. The van der Waals surface area contributed by atoms with E-state index in [-0.39, 0.29) is 12.3 Å². The fourth-order valence-electron chi connectivity index (χ4n) is 2.15. The molecule has 0 atom stereocenters. The predicted octanol–water partition coefficient (Wildman–Crippen LogP) is 4.07. The minimum Gasteiger partial charge on any atom is -0.356 e. The molecule has 126 valence electrons. The maximum absolute atomic E-state index is 11.8. The third-order valence-corrected chi connectivity index (χ3v) is 4.07. The minimum atomic E-state index is -0.394. The van der Waals surface area contributed by atoms with Gasteiger partial charge in [0.1, 0.15) is 6.42 Å². The number of hydrogen-bond acceptors (Lipinski definition) is 2. The number of carbonyl (C=O) groups excluding carboxylic acids is 2. The molecule has 2 amide bonds. The van der Waals surface area contributed by atoms with Gasteiger partial charge in [0.2, 0.25) is 11.8 Å². The molecule has 2 N–H and O–H groups in total. The van der Waals surface area contributed by atoms with Crippen LogP contribution in [0.25, 0.3) is 0 Å². The molecule has 2 aromatic carbocycles. The van der Waals surface area contributed by atoms with Crippen LogP contribution in [0.5, 0.6) is 0 Å². The number of carbonyl (C=O) groups is 2. The van der Waals surface area contributed by atoms with Gasteiger partial charge in [-0.05, 0) is 36.6 Å². The van der Waals surface area contributed by atoms with E-state index in [1.807, 2.05) is 30.3 Å². The predicted molar refractivity (Wildman–Crippen MR) is 97.5 cm³/mol. The molecule has 0 heterocycles. The van der Waals surface area contributed by atoms with Crippen LogP contribution in [0.15, 0.2) is 48.5 Å². The molecule has 0 saturated heterocycles. The number of nitrogens with one attached hydrogen (secondary N) is 2. The second-order valence-electron chi connectivity index (χ2n) is 5.29. The van der Waals surface area contributed by atoms with Gasteiger partial charge in [0, 0.05) is 12.2 Å². The van der Waals surface area contributed by atoms with E-state index in [0.717, 1.165) is 12.8 Å². The van der Waals surface area contributed by atoms with Gasteiger partial charge in [-0.15, -0.1) is 0 Å². The number of amides is 2. The van der Waals surface area contributed by atoms with Crippen LogP contribution in [0.1, 0.15) is 18.4 Å². The Kier molecular flexibility index (Phi) is 7.09. The monoisotopic (exact) mass is 364 g/mol. The zero-order chi connectivity index (χ0) is 17.4. The summed E-state index contributed by atoms with van der Waals surface area (Å²) in [5.74, 6) is -0.699. The summed E-state index contributed by atoms with van der Waals surface area (Å²) >= 11 is 11.7. The molecule has 0 aliphatic rings. The number of halogens is 2. The first-order chi connectivity index (χ1) is 11.5. The van der Waals surface area contributed by atoms with Crippen molar-refractivity contribution in [1.29, 1.82) is 0 Å². The fraction of sp³-hybridized carbons (Fsp3) is 0.222. The summed E-state index contributed by atoms with van der Waals surface area (Å²) in [7, 11) is 0. The van der Waals surface area contributed by atoms with Gasteiger partial charge >= 0.3 is 0 Å². The number of benzene rings is 2. The van der Waals surface area contributed by atoms with Crippen LogP contribution in [-0.4, -0.2) is 18.4 Å². The van der Waals surface area contributed by atoms with Crippen molar-refractivity contribution >= 4 is 40.7 Å². The Labute approximate surface area is 151 Å². The van der Waals surface area contributed by atoms with Crippen molar-refractivity contribution < 1.29 is 9.59 Å². The summed E-state index contributed by atoms with van der Waals surface area (Å²) in [4.78, 5) is 23.6. The first-order valence-corrected chi connectivity index (χ1v) is 8.36. The Morgan fingerprint density at radius 2 is 1.67 bits per heavy atom. The van der Waals surface area contributed by atoms with Crippen LogP contribution in [-0.2, 0) is 16.0 Å². The third kappa shape index (κ3) is 6.22. The molecule has 24 heavy (non-hydrogen) atoms. The molecule has 0 unspecified atom stereocenters. The Balaban J connectivity index is 1.68. The molecule has 0 saturated carbocycles. The summed E-state index contributed by atoms with van der Waals surface area (Å²) < 4.78 is 0. The summed E-state index contributed by atoms with van der Waals surface area (Å²) in [6, 6.07) is 14.8. The van der Waals surface area contributed by atoms with Gasteiger partial charge in [-0.1, -0.05) is 53.5 Å². The molecule has 0 spiro atoms.